The van der Waals surface area contributed by atoms with Crippen molar-refractivity contribution in [3.8, 4) is 0 Å². The van der Waals surface area contributed by atoms with E-state index in [1.165, 1.54) is 0 Å². The number of aromatic nitrogens is 2. The van der Waals surface area contributed by atoms with Crippen LogP contribution in [0.25, 0.3) is 0 Å². The first-order chi connectivity index (χ1) is 48.5. The average Bonchev–Trinajstić information content (AvgIpc) is 0.834. The van der Waals surface area contributed by atoms with E-state index in [9.17, 15) is 78.0 Å². The van der Waals surface area contributed by atoms with Crippen molar-refractivity contribution in [3.63, 3.8) is 0 Å². The standard InChI is InChI=1S/C50H81N3O16.C24H39N5O8/c1-31(38(54)55)24-25-33-29-34(26-27-37(40(58)59)53(44(63)68-49(12,13)14)45(64)69-50(15,16)17)35(51(30-33)28-19-18-21-32(2)41(60)65-46(3,4)5)22-20-23-36(39(56)57)52(42(61)66-47(6,7)8)43(62)67-48(9,10)11;25-16(21(30)31)4-1-2-11-29-13-14(7-9-18(27)23(34)35)12-15(8-10-19(28)24(36)37)20(29)6-3-5-17(26)22(32)33/h29-32,36-37H,18-28H2,1-17H3,(H2-,54,55,56,57,58,59);12-13,16-19H,1-11,25-28H2,(H3-,30,31,32,33,34,35,36,37)/p+2/t31-,32-,36-,37-;16-,17-,18-,19-/m00/s1. The van der Waals surface area contributed by atoms with Crippen molar-refractivity contribution in [1.29, 1.82) is 0 Å². The third kappa shape index (κ3) is 37.6. The first kappa shape index (κ1) is 95.4. The summed E-state index contributed by atoms with van der Waals surface area (Å²) in [4.78, 5) is 150. The van der Waals surface area contributed by atoms with Crippen molar-refractivity contribution in [2.24, 2.45) is 34.8 Å². The Morgan fingerprint density at radius 1 is 0.349 bits per heavy atom. The second kappa shape index (κ2) is 43.3. The number of esters is 1. The van der Waals surface area contributed by atoms with Crippen LogP contribution in [0.3, 0.4) is 0 Å². The molecule has 600 valence electrons. The van der Waals surface area contributed by atoms with Gasteiger partial charge in [0.1, 0.15) is 77.3 Å². The van der Waals surface area contributed by atoms with Crippen LogP contribution in [0.4, 0.5) is 19.2 Å². The number of hydrogen-bond donors (Lipinski definition) is 11. The van der Waals surface area contributed by atoms with Crippen LogP contribution in [-0.4, -0.2) is 182 Å². The molecule has 0 aliphatic carbocycles. The minimum atomic E-state index is -1.80. The molecule has 106 heavy (non-hydrogen) atoms. The summed E-state index contributed by atoms with van der Waals surface area (Å²) in [5.74, 6) is -9.89. The maximum atomic E-state index is 13.6. The number of carbonyl (C=O) groups excluding carboxylic acids is 5. The maximum Gasteiger partial charge on any atom is 0.420 e. The number of carboxylic acid groups (broad SMARTS) is 7. The summed E-state index contributed by atoms with van der Waals surface area (Å²) >= 11 is 0. The van der Waals surface area contributed by atoms with Crippen LogP contribution >= 0.6 is 0 Å². The van der Waals surface area contributed by atoms with Gasteiger partial charge in [0.25, 0.3) is 0 Å². The van der Waals surface area contributed by atoms with Crippen LogP contribution in [-0.2, 0) is 114 Å². The summed E-state index contributed by atoms with van der Waals surface area (Å²) in [5.41, 5.74) is 21.8. The van der Waals surface area contributed by atoms with Gasteiger partial charge in [-0.1, -0.05) is 13.8 Å². The van der Waals surface area contributed by atoms with E-state index in [2.05, 4.69) is 0 Å². The molecule has 0 fully saturated rings. The Bertz CT molecular complexity index is 3250. The smallest absolute Gasteiger partial charge is 0.420 e. The van der Waals surface area contributed by atoms with E-state index in [0.717, 1.165) is 16.8 Å². The first-order valence-corrected chi connectivity index (χ1v) is 36.0. The number of nitrogens with zero attached hydrogens (tertiary/aromatic N) is 4. The van der Waals surface area contributed by atoms with E-state index < -0.39 is 142 Å². The monoisotopic (exact) mass is 1510 g/mol. The van der Waals surface area contributed by atoms with Crippen molar-refractivity contribution >= 4 is 72.1 Å². The highest BCUT2D eigenvalue weighted by molar-refractivity contribution is 5.94. The number of pyridine rings is 2. The highest BCUT2D eigenvalue weighted by atomic mass is 16.6. The summed E-state index contributed by atoms with van der Waals surface area (Å²) in [5, 5.41) is 67.3. The third-order valence-electron chi connectivity index (χ3n) is 16.1. The molecule has 0 saturated carbocycles. The number of unbranched alkanes of at least 4 members (excludes halogenated alkanes) is 2. The Hall–Kier alpha value is -8.62. The maximum absolute atomic E-state index is 13.6. The normalized spacial score (nSPS) is 14.2. The second-order valence-electron chi connectivity index (χ2n) is 31.8. The number of carbonyl (C=O) groups is 12. The minimum Gasteiger partial charge on any atom is -0.481 e. The van der Waals surface area contributed by atoms with Gasteiger partial charge in [-0.3, -0.25) is 28.8 Å². The summed E-state index contributed by atoms with van der Waals surface area (Å²) in [6.45, 7) is 28.3. The Morgan fingerprint density at radius 3 is 0.991 bits per heavy atom. The molecule has 2 rings (SSSR count). The van der Waals surface area contributed by atoms with Gasteiger partial charge in [0, 0.05) is 47.9 Å². The number of ether oxygens (including phenoxy) is 5. The second-order valence-corrected chi connectivity index (χ2v) is 31.8. The lowest BCUT2D eigenvalue weighted by atomic mass is 9.95. The van der Waals surface area contributed by atoms with Gasteiger partial charge >= 0.3 is 72.1 Å². The molecule has 8 atom stereocenters. The van der Waals surface area contributed by atoms with E-state index in [-0.39, 0.29) is 63.8 Å². The van der Waals surface area contributed by atoms with Gasteiger partial charge in [-0.05, 0) is 219 Å². The van der Waals surface area contributed by atoms with Crippen LogP contribution in [0.5, 0.6) is 0 Å². The molecule has 2 aromatic rings. The Morgan fingerprint density at radius 2 is 0.651 bits per heavy atom. The number of hydrogen-bond acceptors (Lipinski definition) is 21. The highest BCUT2D eigenvalue weighted by Crippen LogP contribution is 2.27. The summed E-state index contributed by atoms with van der Waals surface area (Å²) in [6.07, 6.45) is 4.12. The van der Waals surface area contributed by atoms with Gasteiger partial charge in [-0.25, -0.2) is 37.9 Å². The lowest BCUT2D eigenvalue weighted by Gasteiger charge is -2.32. The van der Waals surface area contributed by atoms with Crippen LogP contribution in [0.1, 0.15) is 241 Å². The lowest BCUT2D eigenvalue weighted by molar-refractivity contribution is -0.705. The zero-order chi connectivity index (χ0) is 81.7. The molecule has 15 N–H and O–H groups in total. The van der Waals surface area contributed by atoms with Gasteiger partial charge in [-0.15, -0.1) is 0 Å². The van der Waals surface area contributed by atoms with Crippen molar-refractivity contribution in [2.45, 2.75) is 323 Å². The van der Waals surface area contributed by atoms with Gasteiger partial charge < -0.3 is 82.4 Å². The molecule has 0 aromatic carbocycles. The van der Waals surface area contributed by atoms with Crippen molar-refractivity contribution < 1.29 is 126 Å². The first-order valence-electron chi connectivity index (χ1n) is 36.0. The number of nitrogens with two attached hydrogens (primary N) is 4. The Balaban J connectivity index is 0.00000127. The van der Waals surface area contributed by atoms with Crippen LogP contribution in [0.15, 0.2) is 24.5 Å². The van der Waals surface area contributed by atoms with Gasteiger partial charge in [-0.2, -0.15) is 9.80 Å². The molecule has 0 spiro atoms. The fourth-order valence-electron chi connectivity index (χ4n) is 10.7. The predicted octanol–water partition coefficient (Wildman–Crippen LogP) is 8.26. The van der Waals surface area contributed by atoms with Gasteiger partial charge in [0.05, 0.1) is 11.8 Å². The molecule has 0 aliphatic heterocycles. The van der Waals surface area contributed by atoms with E-state index in [1.807, 2.05) is 27.6 Å². The summed E-state index contributed by atoms with van der Waals surface area (Å²) < 4.78 is 31.4. The zero-order valence-electron chi connectivity index (χ0n) is 65.2. The van der Waals surface area contributed by atoms with E-state index in [4.69, 9.17) is 61.9 Å². The van der Waals surface area contributed by atoms with E-state index >= 15 is 0 Å². The third-order valence-corrected chi connectivity index (χ3v) is 16.1. The number of aliphatic carboxylic acids is 7. The topological polar surface area (TPSA) is 511 Å². The quantitative estimate of drug-likeness (QED) is 0.0129. The molecule has 32 heteroatoms. The van der Waals surface area contributed by atoms with Gasteiger partial charge in [0.2, 0.25) is 0 Å². The zero-order valence-corrected chi connectivity index (χ0v) is 65.2. The van der Waals surface area contributed by atoms with E-state index in [1.54, 1.807) is 124 Å². The number of imide groups is 2. The number of rotatable bonds is 40. The van der Waals surface area contributed by atoms with Crippen molar-refractivity contribution in [2.75, 3.05) is 0 Å². The molecule has 4 amide bonds. The number of aryl methyl sites for hydroxylation is 6. The molecule has 32 nitrogen and oxygen atoms in total. The molecule has 2 aromatic heterocycles. The fourth-order valence-corrected chi connectivity index (χ4v) is 10.7. The summed E-state index contributed by atoms with van der Waals surface area (Å²) in [6, 6.07) is -3.94. The molecular formula is C74H122N8O24+2. The lowest BCUT2D eigenvalue weighted by Crippen LogP contribution is -2.52. The van der Waals surface area contributed by atoms with Crippen LogP contribution in [0, 0.1) is 11.8 Å². The Kier molecular flexibility index (Phi) is 38.9. The molecule has 2 heterocycles. The molecule has 0 saturated heterocycles. The van der Waals surface area contributed by atoms with Crippen molar-refractivity contribution in [1.82, 2.24) is 9.80 Å². The number of amides is 4. The molecule has 0 radical (unpaired) electrons. The van der Waals surface area contributed by atoms with Gasteiger partial charge in [0.15, 0.2) is 23.8 Å². The molecule has 0 aliphatic rings. The van der Waals surface area contributed by atoms with E-state index in [0.29, 0.717) is 110 Å². The van der Waals surface area contributed by atoms with Crippen LogP contribution < -0.4 is 32.1 Å². The largest absolute Gasteiger partial charge is 0.481 e. The Labute approximate surface area is 622 Å². The highest BCUT2D eigenvalue weighted by Gasteiger charge is 2.43. The minimum absolute atomic E-state index is 0.0431. The molecule has 0 unspecified atom stereocenters. The molecule has 0 bridgehead atoms. The van der Waals surface area contributed by atoms with Crippen LogP contribution in [0.2, 0.25) is 0 Å². The summed E-state index contributed by atoms with van der Waals surface area (Å²) in [7, 11) is 0. The SMILES string of the molecule is C[C@@H](CCc1cc(CC[C@@H](C(=O)O)N(C(=O)OC(C)(C)C)C(=O)OC(C)(C)C)c(CCC[C@@H](C(=O)O)N(C(=O)OC(C)(C)C)C(=O)OC(C)(C)C)[n+](CCCC[C@H](C)C(=O)OC(C)(C)C)c1)C(=O)O.N[C@@H](CCCC[n+]1cc(CC[C@H](N)C(=O)O)cc(CC[C@H](N)C(=O)O)c1CCC[C@H](N)C(=O)O)C(=O)O. The van der Waals surface area contributed by atoms with Crippen molar-refractivity contribution in [3.05, 3.63) is 58.2 Å². The average molecular weight is 1510 g/mol. The molecular weight excluding hydrogens is 1380 g/mol. The predicted molar refractivity (Wildman–Crippen MR) is 386 cm³/mol. The fraction of sp³-hybridized carbons (Fsp3) is 0.703. The number of carboxylic acids is 7.